The van der Waals surface area contributed by atoms with Crippen LogP contribution >= 0.6 is 35.6 Å². The van der Waals surface area contributed by atoms with Crippen molar-refractivity contribution in [2.75, 3.05) is 4.90 Å². The second-order valence-electron chi connectivity index (χ2n) is 4.90. The Hall–Kier alpha value is -2.15. The molecule has 1 aliphatic heterocycles. The van der Waals surface area contributed by atoms with Crippen molar-refractivity contribution in [1.82, 2.24) is 0 Å². The summed E-state index contributed by atoms with van der Waals surface area (Å²) in [7, 11) is 0. The second kappa shape index (κ2) is 6.76. The SMILES string of the molecule is O=C([O-])c1ccc(/C=C2\SC(=S)N(c3ccc(Cl)cc3)C2=O)cc1. The second-order valence-corrected chi connectivity index (χ2v) is 7.02. The maximum atomic E-state index is 12.6. The summed E-state index contributed by atoms with van der Waals surface area (Å²) < 4.78 is 0.430. The average Bonchev–Trinajstić information content (AvgIpc) is 2.83. The number of rotatable bonds is 3. The minimum atomic E-state index is -1.24. The summed E-state index contributed by atoms with van der Waals surface area (Å²) in [5, 5.41) is 11.3. The van der Waals surface area contributed by atoms with Crippen LogP contribution < -0.4 is 10.0 Å². The predicted octanol–water partition coefficient (Wildman–Crippen LogP) is 3.11. The Bertz CT molecular complexity index is 860. The van der Waals surface area contributed by atoms with Gasteiger partial charge in [0.15, 0.2) is 4.32 Å². The lowest BCUT2D eigenvalue weighted by Crippen LogP contribution is -2.27. The van der Waals surface area contributed by atoms with Crippen molar-refractivity contribution in [3.8, 4) is 0 Å². The first-order chi connectivity index (χ1) is 11.5. The van der Waals surface area contributed by atoms with Gasteiger partial charge in [-0.15, -0.1) is 0 Å². The first-order valence-corrected chi connectivity index (χ1v) is 8.41. The zero-order chi connectivity index (χ0) is 17.3. The quantitative estimate of drug-likeness (QED) is 0.610. The number of carboxylic acid groups (broad SMARTS) is 1. The molecule has 0 radical (unpaired) electrons. The van der Waals surface area contributed by atoms with Crippen LogP contribution in [0.2, 0.25) is 5.02 Å². The summed E-state index contributed by atoms with van der Waals surface area (Å²) in [6.07, 6.45) is 1.67. The van der Waals surface area contributed by atoms with Gasteiger partial charge in [0.25, 0.3) is 5.91 Å². The summed E-state index contributed by atoms with van der Waals surface area (Å²) in [5.74, 6) is -1.47. The minimum Gasteiger partial charge on any atom is -0.545 e. The molecule has 0 aliphatic carbocycles. The van der Waals surface area contributed by atoms with Crippen LogP contribution in [-0.4, -0.2) is 16.2 Å². The Labute approximate surface area is 152 Å². The molecule has 3 rings (SSSR count). The van der Waals surface area contributed by atoms with Gasteiger partial charge in [-0.2, -0.15) is 0 Å². The first-order valence-electron chi connectivity index (χ1n) is 6.80. The van der Waals surface area contributed by atoms with Crippen LogP contribution in [-0.2, 0) is 4.79 Å². The third kappa shape index (κ3) is 3.36. The summed E-state index contributed by atoms with van der Waals surface area (Å²) >= 11 is 12.3. The van der Waals surface area contributed by atoms with E-state index < -0.39 is 5.97 Å². The van der Waals surface area contributed by atoms with Gasteiger partial charge in [0.1, 0.15) is 0 Å². The third-order valence-corrected chi connectivity index (χ3v) is 4.88. The Balaban J connectivity index is 1.87. The highest BCUT2D eigenvalue weighted by Crippen LogP contribution is 2.36. The van der Waals surface area contributed by atoms with Gasteiger partial charge in [-0.25, -0.2) is 0 Å². The summed E-state index contributed by atoms with van der Waals surface area (Å²) in [5.41, 5.74) is 1.44. The van der Waals surface area contributed by atoms with Crippen LogP contribution in [0.1, 0.15) is 15.9 Å². The molecule has 0 atom stereocenters. The lowest BCUT2D eigenvalue weighted by Gasteiger charge is -2.14. The third-order valence-electron chi connectivity index (χ3n) is 3.32. The number of anilines is 1. The molecule has 2 aromatic carbocycles. The summed E-state index contributed by atoms with van der Waals surface area (Å²) in [6, 6.07) is 12.9. The van der Waals surface area contributed by atoms with Crippen LogP contribution in [0.5, 0.6) is 0 Å². The Kier molecular flexibility index (Phi) is 4.71. The molecular formula is C17H9ClNO3S2-. The van der Waals surface area contributed by atoms with Crippen LogP contribution in [0, 0.1) is 0 Å². The van der Waals surface area contributed by atoms with Crippen molar-refractivity contribution in [2.45, 2.75) is 0 Å². The van der Waals surface area contributed by atoms with Crippen LogP contribution in [0.15, 0.2) is 53.4 Å². The summed E-state index contributed by atoms with van der Waals surface area (Å²) in [6.45, 7) is 0. The van der Waals surface area contributed by atoms with Crippen molar-refractivity contribution in [3.63, 3.8) is 0 Å². The van der Waals surface area contributed by atoms with Crippen LogP contribution in [0.3, 0.4) is 0 Å². The molecule has 0 N–H and O–H groups in total. The number of thiocarbonyl (C=S) groups is 1. The molecule has 1 heterocycles. The molecule has 1 fully saturated rings. The maximum absolute atomic E-state index is 12.6. The molecule has 120 valence electrons. The first kappa shape index (κ1) is 16.7. The standard InChI is InChI=1S/C17H10ClNO3S2/c18-12-5-7-13(8-6-12)19-15(20)14(24-17(19)23)9-10-1-3-11(4-2-10)16(21)22/h1-9H,(H,21,22)/p-1/b14-9-. The van der Waals surface area contributed by atoms with Crippen molar-refractivity contribution in [1.29, 1.82) is 0 Å². The molecule has 2 aromatic rings. The van der Waals surface area contributed by atoms with Crippen molar-refractivity contribution < 1.29 is 14.7 Å². The number of aromatic carboxylic acids is 1. The van der Waals surface area contributed by atoms with E-state index in [2.05, 4.69) is 0 Å². The van der Waals surface area contributed by atoms with Gasteiger partial charge >= 0.3 is 0 Å². The topological polar surface area (TPSA) is 60.4 Å². The molecule has 0 spiro atoms. The maximum Gasteiger partial charge on any atom is 0.270 e. The Morgan fingerprint density at radius 2 is 1.75 bits per heavy atom. The number of carboxylic acids is 1. The van der Waals surface area contributed by atoms with E-state index in [0.717, 1.165) is 0 Å². The lowest BCUT2D eigenvalue weighted by molar-refractivity contribution is -0.255. The molecule has 0 bridgehead atoms. The highest BCUT2D eigenvalue weighted by atomic mass is 35.5. The zero-order valence-electron chi connectivity index (χ0n) is 12.1. The van der Waals surface area contributed by atoms with E-state index in [1.807, 2.05) is 0 Å². The van der Waals surface area contributed by atoms with Crippen molar-refractivity contribution in [3.05, 3.63) is 69.6 Å². The van der Waals surface area contributed by atoms with E-state index in [0.29, 0.717) is 25.5 Å². The number of hydrogen-bond acceptors (Lipinski definition) is 5. The fourth-order valence-corrected chi connectivity index (χ4v) is 3.57. The van der Waals surface area contributed by atoms with Crippen molar-refractivity contribution in [2.24, 2.45) is 0 Å². The average molecular weight is 375 g/mol. The molecule has 1 aliphatic rings. The minimum absolute atomic E-state index is 0.0841. The number of halogens is 1. The number of carbonyl (C=O) groups is 2. The fourth-order valence-electron chi connectivity index (χ4n) is 2.15. The molecule has 1 amide bonds. The largest absolute Gasteiger partial charge is 0.545 e. The highest BCUT2D eigenvalue weighted by Gasteiger charge is 2.33. The summed E-state index contributed by atoms with van der Waals surface area (Å²) in [4.78, 5) is 25.3. The molecular weight excluding hydrogens is 366 g/mol. The van der Waals surface area contributed by atoms with E-state index in [4.69, 9.17) is 23.8 Å². The van der Waals surface area contributed by atoms with Gasteiger partial charge in [-0.3, -0.25) is 9.69 Å². The normalized spacial score (nSPS) is 16.0. The molecule has 4 nitrogen and oxygen atoms in total. The van der Waals surface area contributed by atoms with Crippen LogP contribution in [0.4, 0.5) is 5.69 Å². The Morgan fingerprint density at radius 1 is 1.12 bits per heavy atom. The van der Waals surface area contributed by atoms with Gasteiger partial charge in [0.05, 0.1) is 16.6 Å². The molecule has 24 heavy (non-hydrogen) atoms. The van der Waals surface area contributed by atoms with Gasteiger partial charge < -0.3 is 9.90 Å². The van der Waals surface area contributed by atoms with Crippen molar-refractivity contribution >= 4 is 63.5 Å². The molecule has 0 saturated carbocycles. The van der Waals surface area contributed by atoms with E-state index in [-0.39, 0.29) is 11.5 Å². The van der Waals surface area contributed by atoms with Gasteiger partial charge in [-0.1, -0.05) is 59.8 Å². The number of nitrogens with zero attached hydrogens (tertiary/aromatic N) is 1. The predicted molar refractivity (Wildman–Crippen MR) is 97.9 cm³/mol. The van der Waals surface area contributed by atoms with E-state index in [1.54, 1.807) is 42.5 Å². The molecule has 0 unspecified atom stereocenters. The van der Waals surface area contributed by atoms with E-state index in [1.165, 1.54) is 28.8 Å². The number of thioether (sulfide) groups is 1. The molecule has 7 heteroatoms. The number of benzene rings is 2. The fraction of sp³-hybridized carbons (Fsp3) is 0. The number of carbonyl (C=O) groups excluding carboxylic acids is 2. The van der Waals surface area contributed by atoms with Gasteiger partial charge in [-0.05, 0) is 41.5 Å². The number of hydrogen-bond donors (Lipinski definition) is 0. The monoisotopic (exact) mass is 374 g/mol. The lowest BCUT2D eigenvalue weighted by atomic mass is 10.1. The number of amides is 1. The van der Waals surface area contributed by atoms with E-state index in [9.17, 15) is 14.7 Å². The van der Waals surface area contributed by atoms with Crippen LogP contribution in [0.25, 0.3) is 6.08 Å². The smallest absolute Gasteiger partial charge is 0.270 e. The molecule has 0 aromatic heterocycles. The Morgan fingerprint density at radius 3 is 2.33 bits per heavy atom. The van der Waals surface area contributed by atoms with E-state index >= 15 is 0 Å². The van der Waals surface area contributed by atoms with Gasteiger partial charge in [0, 0.05) is 5.02 Å². The van der Waals surface area contributed by atoms with Gasteiger partial charge in [0.2, 0.25) is 0 Å². The zero-order valence-corrected chi connectivity index (χ0v) is 14.5. The highest BCUT2D eigenvalue weighted by molar-refractivity contribution is 8.27. The molecule has 1 saturated heterocycles.